The van der Waals surface area contributed by atoms with Gasteiger partial charge in [0.1, 0.15) is 0 Å². The molecule has 1 aliphatic heterocycles. The molecule has 0 atom stereocenters. The maximum atomic E-state index is 12.0. The number of nitrogens with one attached hydrogen (secondary N) is 2. The number of ether oxygens (including phenoxy) is 3. The summed E-state index contributed by atoms with van der Waals surface area (Å²) in [5.41, 5.74) is 2.94. The van der Waals surface area contributed by atoms with E-state index < -0.39 is 0 Å². The van der Waals surface area contributed by atoms with Gasteiger partial charge in [-0.2, -0.15) is 5.10 Å². The molecular formula is C17H22N4O4. The van der Waals surface area contributed by atoms with Gasteiger partial charge < -0.3 is 24.8 Å². The van der Waals surface area contributed by atoms with Crippen LogP contribution >= 0.6 is 0 Å². The molecule has 8 nitrogen and oxygen atoms in total. The highest BCUT2D eigenvalue weighted by Crippen LogP contribution is 2.29. The van der Waals surface area contributed by atoms with E-state index in [9.17, 15) is 4.79 Å². The number of aromatic nitrogens is 2. The zero-order valence-corrected chi connectivity index (χ0v) is 14.4. The van der Waals surface area contributed by atoms with Crippen LogP contribution in [0.5, 0.6) is 11.5 Å². The van der Waals surface area contributed by atoms with Crippen LogP contribution in [-0.2, 0) is 24.3 Å². The average Bonchev–Trinajstić information content (AvgIpc) is 3.05. The van der Waals surface area contributed by atoms with E-state index in [1.165, 1.54) is 5.69 Å². The van der Waals surface area contributed by atoms with E-state index in [2.05, 4.69) is 15.7 Å². The van der Waals surface area contributed by atoms with Crippen molar-refractivity contribution in [3.8, 4) is 11.5 Å². The maximum absolute atomic E-state index is 12.0. The molecular weight excluding hydrogens is 324 g/mol. The number of benzene rings is 1. The van der Waals surface area contributed by atoms with Crippen LogP contribution in [0.1, 0.15) is 11.3 Å². The molecule has 1 aromatic carbocycles. The van der Waals surface area contributed by atoms with Crippen LogP contribution in [-0.4, -0.2) is 43.2 Å². The molecule has 25 heavy (non-hydrogen) atoms. The first-order chi connectivity index (χ1) is 12.2. The lowest BCUT2D eigenvalue weighted by Gasteiger charge is -2.15. The third-order valence-corrected chi connectivity index (χ3v) is 4.03. The summed E-state index contributed by atoms with van der Waals surface area (Å²) >= 11 is 0. The van der Waals surface area contributed by atoms with Crippen molar-refractivity contribution in [3.63, 3.8) is 0 Å². The van der Waals surface area contributed by atoms with Gasteiger partial charge in [-0.15, -0.1) is 0 Å². The standard InChI is InChI=1S/C17H22N4O4/c1-23-15-4-3-13(9-16(15)24-2)20-17(22)18-6-7-21-14-5-8-25-11-12(14)10-19-21/h3-4,9-10H,5-8,11H2,1-2H3,(H2,18,20,22). The SMILES string of the molecule is COc1ccc(NC(=O)NCCn2ncc3c2CCOC3)cc1OC. The molecule has 0 fully saturated rings. The van der Waals surface area contributed by atoms with Gasteiger partial charge in [0.05, 0.1) is 40.2 Å². The third kappa shape index (κ3) is 4.03. The van der Waals surface area contributed by atoms with Gasteiger partial charge in [-0.25, -0.2) is 4.79 Å². The number of anilines is 1. The number of rotatable bonds is 6. The number of amides is 2. The lowest BCUT2D eigenvalue weighted by molar-refractivity contribution is 0.109. The second-order valence-electron chi connectivity index (χ2n) is 5.59. The zero-order valence-electron chi connectivity index (χ0n) is 14.4. The molecule has 0 unspecified atom stereocenters. The first kappa shape index (κ1) is 17.1. The molecule has 0 spiro atoms. The van der Waals surface area contributed by atoms with E-state index in [0.29, 0.717) is 43.5 Å². The second-order valence-corrected chi connectivity index (χ2v) is 5.59. The van der Waals surface area contributed by atoms with E-state index in [-0.39, 0.29) is 6.03 Å². The smallest absolute Gasteiger partial charge is 0.319 e. The van der Waals surface area contributed by atoms with Crippen molar-refractivity contribution in [2.45, 2.75) is 19.6 Å². The molecule has 2 heterocycles. The summed E-state index contributed by atoms with van der Waals surface area (Å²) < 4.78 is 17.7. The van der Waals surface area contributed by atoms with Crippen LogP contribution in [0.3, 0.4) is 0 Å². The topological polar surface area (TPSA) is 86.6 Å². The number of hydrogen-bond donors (Lipinski definition) is 2. The normalized spacial score (nSPS) is 13.0. The van der Waals surface area contributed by atoms with Gasteiger partial charge in [0, 0.05) is 36.0 Å². The summed E-state index contributed by atoms with van der Waals surface area (Å²) in [6.45, 7) is 2.43. The van der Waals surface area contributed by atoms with Crippen LogP contribution in [0.2, 0.25) is 0 Å². The minimum Gasteiger partial charge on any atom is -0.493 e. The number of nitrogens with zero attached hydrogens (tertiary/aromatic N) is 2. The average molecular weight is 346 g/mol. The number of methoxy groups -OCH3 is 2. The monoisotopic (exact) mass is 346 g/mol. The molecule has 1 aliphatic rings. The molecule has 0 aliphatic carbocycles. The summed E-state index contributed by atoms with van der Waals surface area (Å²) in [4.78, 5) is 12.0. The molecule has 8 heteroatoms. The molecule has 2 aromatic rings. The van der Waals surface area contributed by atoms with Crippen molar-refractivity contribution in [1.82, 2.24) is 15.1 Å². The van der Waals surface area contributed by atoms with Crippen LogP contribution in [0.4, 0.5) is 10.5 Å². The fourth-order valence-electron chi connectivity index (χ4n) is 2.77. The highest BCUT2D eigenvalue weighted by molar-refractivity contribution is 5.89. The minimum absolute atomic E-state index is 0.281. The van der Waals surface area contributed by atoms with Crippen molar-refractivity contribution in [2.75, 3.05) is 32.7 Å². The van der Waals surface area contributed by atoms with Gasteiger partial charge >= 0.3 is 6.03 Å². The lowest BCUT2D eigenvalue weighted by Crippen LogP contribution is -2.32. The Bertz CT molecular complexity index is 744. The Morgan fingerprint density at radius 3 is 2.96 bits per heavy atom. The van der Waals surface area contributed by atoms with Gasteiger partial charge in [0.15, 0.2) is 11.5 Å². The van der Waals surface area contributed by atoms with Crippen molar-refractivity contribution < 1.29 is 19.0 Å². The molecule has 1 aromatic heterocycles. The highest BCUT2D eigenvalue weighted by Gasteiger charge is 2.15. The molecule has 3 rings (SSSR count). The minimum atomic E-state index is -0.281. The number of hydrogen-bond acceptors (Lipinski definition) is 5. The largest absolute Gasteiger partial charge is 0.493 e. The lowest BCUT2D eigenvalue weighted by atomic mass is 10.2. The molecule has 0 saturated heterocycles. The van der Waals surface area contributed by atoms with Gasteiger partial charge in [0.25, 0.3) is 0 Å². The Morgan fingerprint density at radius 1 is 1.32 bits per heavy atom. The first-order valence-corrected chi connectivity index (χ1v) is 8.09. The van der Waals surface area contributed by atoms with E-state index >= 15 is 0 Å². The first-order valence-electron chi connectivity index (χ1n) is 8.09. The number of fused-ring (bicyclic) bond motifs is 1. The van der Waals surface area contributed by atoms with Crippen LogP contribution in [0.15, 0.2) is 24.4 Å². The summed E-state index contributed by atoms with van der Waals surface area (Å²) in [7, 11) is 3.12. The Labute approximate surface area is 146 Å². The molecule has 2 amide bonds. The Balaban J connectivity index is 1.51. The van der Waals surface area contributed by atoms with E-state index in [0.717, 1.165) is 12.0 Å². The summed E-state index contributed by atoms with van der Waals surface area (Å²) in [6.07, 6.45) is 2.69. The second kappa shape index (κ2) is 7.89. The fraction of sp³-hybridized carbons (Fsp3) is 0.412. The molecule has 0 bridgehead atoms. The predicted molar refractivity (Wildman–Crippen MR) is 92.2 cm³/mol. The molecule has 0 radical (unpaired) electrons. The fourth-order valence-corrected chi connectivity index (χ4v) is 2.77. The zero-order chi connectivity index (χ0) is 17.6. The van der Waals surface area contributed by atoms with Gasteiger partial charge in [0.2, 0.25) is 0 Å². The summed E-state index contributed by atoms with van der Waals surface area (Å²) in [5, 5.41) is 9.96. The number of carbonyl (C=O) groups is 1. The number of carbonyl (C=O) groups excluding carboxylic acids is 1. The molecule has 2 N–H and O–H groups in total. The predicted octanol–water partition coefficient (Wildman–Crippen LogP) is 1.79. The van der Waals surface area contributed by atoms with Crippen LogP contribution in [0, 0.1) is 0 Å². The van der Waals surface area contributed by atoms with Gasteiger partial charge in [-0.3, -0.25) is 4.68 Å². The summed E-state index contributed by atoms with van der Waals surface area (Å²) in [5.74, 6) is 1.17. The van der Waals surface area contributed by atoms with Crippen LogP contribution < -0.4 is 20.1 Å². The summed E-state index contributed by atoms with van der Waals surface area (Å²) in [6, 6.07) is 4.93. The van der Waals surface area contributed by atoms with E-state index in [1.807, 2.05) is 10.9 Å². The van der Waals surface area contributed by atoms with Crippen molar-refractivity contribution in [1.29, 1.82) is 0 Å². The van der Waals surface area contributed by atoms with Gasteiger partial charge in [-0.05, 0) is 12.1 Å². The quantitative estimate of drug-likeness (QED) is 0.833. The van der Waals surface area contributed by atoms with Crippen molar-refractivity contribution >= 4 is 11.7 Å². The Morgan fingerprint density at radius 2 is 2.16 bits per heavy atom. The van der Waals surface area contributed by atoms with E-state index in [1.54, 1.807) is 32.4 Å². The Kier molecular flexibility index (Phi) is 5.39. The highest BCUT2D eigenvalue weighted by atomic mass is 16.5. The van der Waals surface area contributed by atoms with Crippen molar-refractivity contribution in [3.05, 3.63) is 35.7 Å². The number of urea groups is 1. The van der Waals surface area contributed by atoms with E-state index in [4.69, 9.17) is 14.2 Å². The third-order valence-electron chi connectivity index (χ3n) is 4.03. The van der Waals surface area contributed by atoms with Crippen LogP contribution in [0.25, 0.3) is 0 Å². The molecule has 134 valence electrons. The maximum Gasteiger partial charge on any atom is 0.319 e. The van der Waals surface area contributed by atoms with Gasteiger partial charge in [-0.1, -0.05) is 0 Å². The molecule has 0 saturated carbocycles. The van der Waals surface area contributed by atoms with Crippen molar-refractivity contribution in [2.24, 2.45) is 0 Å². The Hall–Kier alpha value is -2.74.